The molecule has 22 heavy (non-hydrogen) atoms. The minimum absolute atomic E-state index is 0.591. The molecule has 0 saturated carbocycles. The van der Waals surface area contributed by atoms with Gasteiger partial charge in [0, 0.05) is 11.4 Å². The molecule has 0 atom stereocenters. The third-order valence-electron chi connectivity index (χ3n) is 3.06. The molecule has 0 fully saturated rings. The van der Waals surface area contributed by atoms with Gasteiger partial charge in [0.05, 0.1) is 0 Å². The van der Waals surface area contributed by atoms with E-state index in [0.29, 0.717) is 12.1 Å². The summed E-state index contributed by atoms with van der Waals surface area (Å²) in [6, 6.07) is 15.0. The van der Waals surface area contributed by atoms with E-state index in [1.807, 2.05) is 36.4 Å². The Hall–Kier alpha value is -2.53. The highest BCUT2D eigenvalue weighted by Crippen LogP contribution is 2.21. The summed E-state index contributed by atoms with van der Waals surface area (Å²) >= 11 is 0. The van der Waals surface area contributed by atoms with Crippen molar-refractivity contribution in [3.8, 4) is 0 Å². The zero-order valence-electron chi connectivity index (χ0n) is 12.6. The molecular weight excluding hydrogens is 280 g/mol. The summed E-state index contributed by atoms with van der Waals surface area (Å²) in [7, 11) is 0. The fourth-order valence-electron chi connectivity index (χ4n) is 2.19. The van der Waals surface area contributed by atoms with Crippen LogP contribution < -0.4 is 10.6 Å². The molecule has 0 aliphatic rings. The zero-order valence-corrected chi connectivity index (χ0v) is 12.6. The van der Waals surface area contributed by atoms with Gasteiger partial charge in [0.2, 0.25) is 0 Å². The zero-order chi connectivity index (χ0) is 16.2. The van der Waals surface area contributed by atoms with E-state index in [1.165, 1.54) is 0 Å². The predicted octanol–water partition coefficient (Wildman–Crippen LogP) is 3.51. The van der Waals surface area contributed by atoms with E-state index < -0.39 is 11.8 Å². The van der Waals surface area contributed by atoms with E-state index in [4.69, 9.17) is 5.11 Å². The Balaban J connectivity index is 2.13. The first kappa shape index (κ1) is 15.9. The molecule has 5 nitrogen and oxygen atoms in total. The van der Waals surface area contributed by atoms with Crippen LogP contribution >= 0.6 is 0 Å². The fraction of sp³-hybridized carbons (Fsp3) is 0.235. The van der Waals surface area contributed by atoms with E-state index in [9.17, 15) is 9.90 Å². The molecule has 0 unspecified atom stereocenters. The van der Waals surface area contributed by atoms with Gasteiger partial charge in [0.15, 0.2) is 0 Å². The molecule has 1 amide bonds. The lowest BCUT2D eigenvalue weighted by molar-refractivity contribution is 0.111. The van der Waals surface area contributed by atoms with Gasteiger partial charge < -0.3 is 15.5 Å². The lowest BCUT2D eigenvalue weighted by atomic mass is 10.0. The summed E-state index contributed by atoms with van der Waals surface area (Å²) in [5.41, 5.74) is 2.41. The predicted molar refractivity (Wildman–Crippen MR) is 87.3 cm³/mol. The van der Waals surface area contributed by atoms with Gasteiger partial charge in [-0.05, 0) is 49.6 Å². The summed E-state index contributed by atoms with van der Waals surface area (Å²) in [6.45, 7) is 3.35. The molecule has 2 aromatic rings. The molecule has 116 valence electrons. The van der Waals surface area contributed by atoms with Crippen LogP contribution in [-0.4, -0.2) is 22.0 Å². The molecule has 0 heterocycles. The number of amides is 1. The van der Waals surface area contributed by atoms with Crippen LogP contribution in [-0.2, 0) is 6.42 Å². The van der Waals surface area contributed by atoms with E-state index in [1.54, 1.807) is 26.0 Å². The largest absolute Gasteiger partial charge is 0.465 e. The molecular formula is C17H20N2O3. The highest BCUT2D eigenvalue weighted by atomic mass is 16.4. The second kappa shape index (κ2) is 6.49. The number of benzene rings is 2. The van der Waals surface area contributed by atoms with Crippen molar-refractivity contribution >= 4 is 17.5 Å². The standard InChI is InChI=1S/C17H20N2O3/c1-17(2,22)19-14-9-7-12(8-10-14)11-13-5-3-4-6-15(13)18-16(20)21/h3-10,18-19,22H,11H2,1-2H3,(H,20,21). The Kier molecular flexibility index (Phi) is 4.68. The van der Waals surface area contributed by atoms with Crippen molar-refractivity contribution in [2.75, 3.05) is 10.6 Å². The van der Waals surface area contributed by atoms with E-state index in [0.717, 1.165) is 16.8 Å². The van der Waals surface area contributed by atoms with Crippen LogP contribution in [0.4, 0.5) is 16.2 Å². The van der Waals surface area contributed by atoms with Gasteiger partial charge in [0.1, 0.15) is 5.72 Å². The molecule has 4 N–H and O–H groups in total. The number of aliphatic hydroxyl groups is 1. The van der Waals surface area contributed by atoms with E-state index >= 15 is 0 Å². The Morgan fingerprint density at radius 3 is 2.32 bits per heavy atom. The highest BCUT2D eigenvalue weighted by Gasteiger charge is 2.11. The topological polar surface area (TPSA) is 81.6 Å². The van der Waals surface area contributed by atoms with Crippen molar-refractivity contribution in [2.24, 2.45) is 0 Å². The third-order valence-corrected chi connectivity index (χ3v) is 3.06. The van der Waals surface area contributed by atoms with Gasteiger partial charge in [-0.15, -0.1) is 0 Å². The van der Waals surface area contributed by atoms with Gasteiger partial charge in [0.25, 0.3) is 0 Å². The van der Waals surface area contributed by atoms with E-state index in [-0.39, 0.29) is 0 Å². The number of hydrogen-bond donors (Lipinski definition) is 4. The summed E-state index contributed by atoms with van der Waals surface area (Å²) in [6.07, 6.45) is -0.448. The second-order valence-electron chi connectivity index (χ2n) is 5.65. The number of anilines is 2. The highest BCUT2D eigenvalue weighted by molar-refractivity contribution is 5.84. The number of rotatable bonds is 5. The Morgan fingerprint density at radius 2 is 1.73 bits per heavy atom. The number of carbonyl (C=O) groups is 1. The summed E-state index contributed by atoms with van der Waals surface area (Å²) in [5.74, 6) is 0. The van der Waals surface area contributed by atoms with Gasteiger partial charge >= 0.3 is 6.09 Å². The van der Waals surface area contributed by atoms with Gasteiger partial charge in [-0.2, -0.15) is 0 Å². The lowest BCUT2D eigenvalue weighted by Crippen LogP contribution is -2.29. The molecule has 0 spiro atoms. The molecule has 0 saturated heterocycles. The smallest absolute Gasteiger partial charge is 0.409 e. The van der Waals surface area contributed by atoms with Crippen molar-refractivity contribution in [2.45, 2.75) is 26.0 Å². The van der Waals surface area contributed by atoms with Gasteiger partial charge in [-0.25, -0.2) is 4.79 Å². The van der Waals surface area contributed by atoms with Crippen LogP contribution in [0, 0.1) is 0 Å². The quantitative estimate of drug-likeness (QED) is 0.637. The second-order valence-corrected chi connectivity index (χ2v) is 5.65. The molecule has 2 rings (SSSR count). The number of carboxylic acid groups (broad SMARTS) is 1. The van der Waals surface area contributed by atoms with Crippen LogP contribution in [0.1, 0.15) is 25.0 Å². The van der Waals surface area contributed by atoms with Crippen LogP contribution in [0.2, 0.25) is 0 Å². The Labute approximate surface area is 129 Å². The minimum atomic E-state index is -1.07. The van der Waals surface area contributed by atoms with Crippen molar-refractivity contribution in [1.82, 2.24) is 0 Å². The lowest BCUT2D eigenvalue weighted by Gasteiger charge is -2.20. The molecule has 0 aromatic heterocycles. The summed E-state index contributed by atoms with van der Waals surface area (Å²) in [5, 5.41) is 24.0. The first-order valence-electron chi connectivity index (χ1n) is 7.01. The van der Waals surface area contributed by atoms with Crippen molar-refractivity contribution < 1.29 is 15.0 Å². The maximum absolute atomic E-state index is 10.8. The van der Waals surface area contributed by atoms with Crippen LogP contribution in [0.25, 0.3) is 0 Å². The number of nitrogens with one attached hydrogen (secondary N) is 2. The van der Waals surface area contributed by atoms with Gasteiger partial charge in [-0.1, -0.05) is 30.3 Å². The summed E-state index contributed by atoms with van der Waals surface area (Å²) in [4.78, 5) is 10.8. The average molecular weight is 300 g/mol. The molecule has 0 radical (unpaired) electrons. The van der Waals surface area contributed by atoms with E-state index in [2.05, 4.69) is 10.6 Å². The Morgan fingerprint density at radius 1 is 1.09 bits per heavy atom. The monoisotopic (exact) mass is 300 g/mol. The van der Waals surface area contributed by atoms with Gasteiger partial charge in [-0.3, -0.25) is 5.32 Å². The fourth-order valence-corrected chi connectivity index (χ4v) is 2.19. The van der Waals surface area contributed by atoms with Crippen molar-refractivity contribution in [3.05, 3.63) is 59.7 Å². The molecule has 2 aromatic carbocycles. The molecule has 5 heteroatoms. The number of hydrogen-bond acceptors (Lipinski definition) is 3. The normalized spacial score (nSPS) is 11.0. The maximum Gasteiger partial charge on any atom is 0.409 e. The SMILES string of the molecule is CC(C)(O)Nc1ccc(Cc2ccccc2NC(=O)O)cc1. The first-order chi connectivity index (χ1) is 10.3. The number of para-hydroxylation sites is 1. The molecule has 0 bridgehead atoms. The summed E-state index contributed by atoms with van der Waals surface area (Å²) < 4.78 is 0. The first-order valence-corrected chi connectivity index (χ1v) is 7.01. The molecule has 0 aliphatic carbocycles. The van der Waals surface area contributed by atoms with Crippen LogP contribution in [0.5, 0.6) is 0 Å². The Bertz CT molecular complexity index is 646. The maximum atomic E-state index is 10.8. The minimum Gasteiger partial charge on any atom is -0.465 e. The average Bonchev–Trinajstić information content (AvgIpc) is 2.41. The molecule has 0 aliphatic heterocycles. The van der Waals surface area contributed by atoms with Crippen LogP contribution in [0.3, 0.4) is 0 Å². The van der Waals surface area contributed by atoms with Crippen molar-refractivity contribution in [1.29, 1.82) is 0 Å². The van der Waals surface area contributed by atoms with Crippen LogP contribution in [0.15, 0.2) is 48.5 Å². The third kappa shape index (κ3) is 4.79. The van der Waals surface area contributed by atoms with Crippen molar-refractivity contribution in [3.63, 3.8) is 0 Å².